The van der Waals surface area contributed by atoms with E-state index in [-0.39, 0.29) is 12.3 Å². The lowest BCUT2D eigenvalue weighted by Gasteiger charge is -2.18. The smallest absolute Gasteiger partial charge is 0.326 e. The summed E-state index contributed by atoms with van der Waals surface area (Å²) in [5, 5.41) is 14.5. The summed E-state index contributed by atoms with van der Waals surface area (Å²) in [5.74, 6) is -1.79. The van der Waals surface area contributed by atoms with E-state index in [9.17, 15) is 19.5 Å². The van der Waals surface area contributed by atoms with Gasteiger partial charge in [-0.2, -0.15) is 0 Å². The van der Waals surface area contributed by atoms with E-state index in [1.165, 1.54) is 0 Å². The Hall–Kier alpha value is -1.75. The molecule has 3 atom stereocenters. The first-order valence-electron chi connectivity index (χ1n) is 10.1. The molecule has 3 unspecified atom stereocenters. The third-order valence-corrected chi connectivity index (χ3v) is 4.45. The van der Waals surface area contributed by atoms with Gasteiger partial charge in [0, 0.05) is 6.54 Å². The summed E-state index contributed by atoms with van der Waals surface area (Å²) >= 11 is 0. The summed E-state index contributed by atoms with van der Waals surface area (Å²) in [6.07, 6.45) is 5.55. The summed E-state index contributed by atoms with van der Waals surface area (Å²) < 4.78 is 0. The SMILES string of the molecule is NCCCCC(N)C(=O)NCCCCC(NC(=O)C(N)CCCCN)C(=O)O. The van der Waals surface area contributed by atoms with E-state index in [1.54, 1.807) is 0 Å². The summed E-state index contributed by atoms with van der Waals surface area (Å²) in [6, 6.07) is -2.30. The molecule has 0 bridgehead atoms. The van der Waals surface area contributed by atoms with Crippen LogP contribution >= 0.6 is 0 Å². The van der Waals surface area contributed by atoms with E-state index >= 15 is 0 Å². The average Bonchev–Trinajstić information content (AvgIpc) is 2.66. The van der Waals surface area contributed by atoms with E-state index < -0.39 is 30.0 Å². The third kappa shape index (κ3) is 12.6. The van der Waals surface area contributed by atoms with E-state index in [0.717, 1.165) is 25.7 Å². The van der Waals surface area contributed by atoms with Crippen LogP contribution in [0.5, 0.6) is 0 Å². The highest BCUT2D eigenvalue weighted by Crippen LogP contribution is 2.04. The molecule has 10 nitrogen and oxygen atoms in total. The van der Waals surface area contributed by atoms with Crippen molar-refractivity contribution in [3.63, 3.8) is 0 Å². The second-order valence-electron chi connectivity index (χ2n) is 6.97. The van der Waals surface area contributed by atoms with Crippen LogP contribution in [0.25, 0.3) is 0 Å². The van der Waals surface area contributed by atoms with Gasteiger partial charge in [-0.05, 0) is 58.0 Å². The molecular formula is C18H38N6O4. The van der Waals surface area contributed by atoms with Gasteiger partial charge in [-0.3, -0.25) is 9.59 Å². The van der Waals surface area contributed by atoms with Crippen LogP contribution in [-0.4, -0.2) is 60.6 Å². The average molecular weight is 403 g/mol. The van der Waals surface area contributed by atoms with Gasteiger partial charge >= 0.3 is 5.97 Å². The fourth-order valence-electron chi connectivity index (χ4n) is 2.63. The Morgan fingerprint density at radius 1 is 0.750 bits per heavy atom. The highest BCUT2D eigenvalue weighted by molar-refractivity contribution is 5.86. The quantitative estimate of drug-likeness (QED) is 0.146. The molecule has 0 aliphatic heterocycles. The van der Waals surface area contributed by atoms with Crippen molar-refractivity contribution in [2.24, 2.45) is 22.9 Å². The summed E-state index contributed by atoms with van der Waals surface area (Å²) in [4.78, 5) is 35.2. The van der Waals surface area contributed by atoms with Crippen molar-refractivity contribution in [2.45, 2.75) is 75.9 Å². The first-order chi connectivity index (χ1) is 13.3. The standard InChI is InChI=1S/C18H38N6O4/c19-10-4-1-7-13(21)16(25)23-12-6-3-9-15(18(27)28)24-17(26)14(22)8-2-5-11-20/h13-15H,1-12,19-22H2,(H,23,25)(H,24,26)(H,27,28). The summed E-state index contributed by atoms with van der Waals surface area (Å²) in [5.41, 5.74) is 22.4. The second-order valence-corrected chi connectivity index (χ2v) is 6.97. The molecule has 11 N–H and O–H groups in total. The molecule has 0 aromatic heterocycles. The van der Waals surface area contributed by atoms with Gasteiger partial charge in [-0.15, -0.1) is 0 Å². The number of carboxylic acid groups (broad SMARTS) is 1. The molecule has 0 aliphatic rings. The van der Waals surface area contributed by atoms with Crippen molar-refractivity contribution < 1.29 is 19.5 Å². The number of carbonyl (C=O) groups is 3. The number of aliphatic carboxylic acids is 1. The number of nitrogens with two attached hydrogens (primary N) is 4. The Kier molecular flexibility index (Phi) is 15.2. The van der Waals surface area contributed by atoms with Gasteiger partial charge in [0.05, 0.1) is 12.1 Å². The van der Waals surface area contributed by atoms with E-state index in [1.807, 2.05) is 0 Å². The van der Waals surface area contributed by atoms with Gasteiger partial charge in [0.2, 0.25) is 11.8 Å². The molecule has 0 aliphatic carbocycles. The number of nitrogens with one attached hydrogen (secondary N) is 2. The van der Waals surface area contributed by atoms with E-state index in [0.29, 0.717) is 45.3 Å². The Morgan fingerprint density at radius 3 is 1.75 bits per heavy atom. The van der Waals surface area contributed by atoms with Crippen molar-refractivity contribution in [3.8, 4) is 0 Å². The van der Waals surface area contributed by atoms with Crippen LogP contribution in [-0.2, 0) is 14.4 Å². The molecular weight excluding hydrogens is 364 g/mol. The van der Waals surface area contributed by atoms with Crippen LogP contribution in [0.1, 0.15) is 57.8 Å². The second kappa shape index (κ2) is 16.2. The number of amides is 2. The maximum Gasteiger partial charge on any atom is 0.326 e. The van der Waals surface area contributed by atoms with Crippen molar-refractivity contribution >= 4 is 17.8 Å². The van der Waals surface area contributed by atoms with Crippen LogP contribution in [0.15, 0.2) is 0 Å². The van der Waals surface area contributed by atoms with E-state index in [2.05, 4.69) is 10.6 Å². The third-order valence-electron chi connectivity index (χ3n) is 4.45. The van der Waals surface area contributed by atoms with Crippen molar-refractivity contribution in [1.82, 2.24) is 10.6 Å². The first-order valence-corrected chi connectivity index (χ1v) is 10.1. The Labute approximate surface area is 167 Å². The zero-order valence-corrected chi connectivity index (χ0v) is 16.7. The van der Waals surface area contributed by atoms with Gasteiger partial charge < -0.3 is 38.7 Å². The lowest BCUT2D eigenvalue weighted by molar-refractivity contribution is -0.142. The number of hydrogen-bond donors (Lipinski definition) is 7. The zero-order valence-electron chi connectivity index (χ0n) is 16.7. The Balaban J connectivity index is 4.08. The molecule has 0 heterocycles. The van der Waals surface area contributed by atoms with Gasteiger partial charge in [0.15, 0.2) is 0 Å². The molecule has 10 heteroatoms. The Bertz CT molecular complexity index is 463. The van der Waals surface area contributed by atoms with Crippen LogP contribution < -0.4 is 33.6 Å². The van der Waals surface area contributed by atoms with Crippen LogP contribution in [0, 0.1) is 0 Å². The molecule has 0 saturated heterocycles. The minimum atomic E-state index is -1.10. The molecule has 0 saturated carbocycles. The zero-order chi connectivity index (χ0) is 21.4. The lowest BCUT2D eigenvalue weighted by Crippen LogP contribution is -2.48. The number of carbonyl (C=O) groups excluding carboxylic acids is 2. The highest BCUT2D eigenvalue weighted by Gasteiger charge is 2.22. The van der Waals surface area contributed by atoms with Crippen LogP contribution in [0.3, 0.4) is 0 Å². The molecule has 0 rings (SSSR count). The number of hydrogen-bond acceptors (Lipinski definition) is 7. The first kappa shape index (κ1) is 26.2. The topological polar surface area (TPSA) is 200 Å². The minimum Gasteiger partial charge on any atom is -0.480 e. The molecule has 0 fully saturated rings. The molecule has 0 aromatic carbocycles. The molecule has 2 amide bonds. The minimum absolute atomic E-state index is 0.219. The van der Waals surface area contributed by atoms with E-state index in [4.69, 9.17) is 22.9 Å². The molecule has 28 heavy (non-hydrogen) atoms. The Morgan fingerprint density at radius 2 is 1.25 bits per heavy atom. The fourth-order valence-corrected chi connectivity index (χ4v) is 2.63. The molecule has 0 radical (unpaired) electrons. The fraction of sp³-hybridized carbons (Fsp3) is 0.833. The van der Waals surface area contributed by atoms with Crippen LogP contribution in [0.4, 0.5) is 0 Å². The molecule has 164 valence electrons. The maximum atomic E-state index is 12.0. The van der Waals surface area contributed by atoms with Crippen molar-refractivity contribution in [1.29, 1.82) is 0 Å². The van der Waals surface area contributed by atoms with Gasteiger partial charge in [0.25, 0.3) is 0 Å². The normalized spacial score (nSPS) is 14.1. The number of carboxylic acids is 1. The van der Waals surface area contributed by atoms with Crippen molar-refractivity contribution in [2.75, 3.05) is 19.6 Å². The van der Waals surface area contributed by atoms with Gasteiger partial charge in [-0.25, -0.2) is 4.79 Å². The predicted octanol–water partition coefficient (Wildman–Crippen LogP) is -1.25. The summed E-state index contributed by atoms with van der Waals surface area (Å²) in [6.45, 7) is 1.51. The van der Waals surface area contributed by atoms with Gasteiger partial charge in [-0.1, -0.05) is 12.8 Å². The molecule has 0 spiro atoms. The monoisotopic (exact) mass is 402 g/mol. The predicted molar refractivity (Wildman–Crippen MR) is 108 cm³/mol. The van der Waals surface area contributed by atoms with Gasteiger partial charge in [0.1, 0.15) is 6.04 Å². The summed E-state index contributed by atoms with van der Waals surface area (Å²) in [7, 11) is 0. The van der Waals surface area contributed by atoms with Crippen LogP contribution in [0.2, 0.25) is 0 Å². The maximum absolute atomic E-state index is 12.0. The highest BCUT2D eigenvalue weighted by atomic mass is 16.4. The number of unbranched alkanes of at least 4 members (excludes halogenated alkanes) is 3. The lowest BCUT2D eigenvalue weighted by atomic mass is 10.1. The molecule has 0 aromatic rings. The van der Waals surface area contributed by atoms with Crippen molar-refractivity contribution in [3.05, 3.63) is 0 Å². The largest absolute Gasteiger partial charge is 0.480 e. The number of rotatable bonds is 17.